The number of benzene rings is 1. The van der Waals surface area contributed by atoms with E-state index in [9.17, 15) is 4.79 Å². The van der Waals surface area contributed by atoms with E-state index in [0.717, 1.165) is 53.7 Å². The maximum Gasteiger partial charge on any atom is 0.254 e. The maximum absolute atomic E-state index is 13.4. The molecule has 1 N–H and O–H groups in total. The van der Waals surface area contributed by atoms with E-state index in [2.05, 4.69) is 37.4 Å². The summed E-state index contributed by atoms with van der Waals surface area (Å²) in [5.41, 5.74) is 5.28. The van der Waals surface area contributed by atoms with E-state index in [4.69, 9.17) is 4.98 Å². The predicted molar refractivity (Wildman–Crippen MR) is 116 cm³/mol. The van der Waals surface area contributed by atoms with Gasteiger partial charge in [-0.25, -0.2) is 0 Å². The zero-order valence-electron chi connectivity index (χ0n) is 16.2. The Kier molecular flexibility index (Phi) is 7.12. The molecule has 2 heterocycles. The minimum absolute atomic E-state index is 0. The Morgan fingerprint density at radius 3 is 2.37 bits per heavy atom. The van der Waals surface area contributed by atoms with Crippen LogP contribution in [0.4, 0.5) is 0 Å². The van der Waals surface area contributed by atoms with Crippen LogP contribution in [-0.4, -0.2) is 42.0 Å². The van der Waals surface area contributed by atoms with Gasteiger partial charge in [-0.3, -0.25) is 9.78 Å². The normalized spacial score (nSPS) is 17.1. The number of rotatable bonds is 3. The molecule has 0 spiro atoms. The Balaban J connectivity index is 0.00000131. The highest BCUT2D eigenvalue weighted by Crippen LogP contribution is 2.40. The quantitative estimate of drug-likeness (QED) is 0.816. The molecular weight excluding hydrogens is 381 g/mol. The van der Waals surface area contributed by atoms with E-state index in [1.165, 1.54) is 18.4 Å². The van der Waals surface area contributed by atoms with Crippen molar-refractivity contribution in [1.82, 2.24) is 15.2 Å². The molecule has 27 heavy (non-hydrogen) atoms. The number of hydrogen-bond acceptors (Lipinski definition) is 3. The summed E-state index contributed by atoms with van der Waals surface area (Å²) in [5, 5.41) is 4.38. The zero-order valence-corrected chi connectivity index (χ0v) is 17.9. The summed E-state index contributed by atoms with van der Waals surface area (Å²) in [7, 11) is 1.96. The number of halogens is 2. The van der Waals surface area contributed by atoms with E-state index in [0.29, 0.717) is 12.0 Å². The van der Waals surface area contributed by atoms with Gasteiger partial charge < -0.3 is 10.2 Å². The van der Waals surface area contributed by atoms with Crippen molar-refractivity contribution in [2.45, 2.75) is 51.5 Å². The first-order valence-corrected chi connectivity index (χ1v) is 9.44. The van der Waals surface area contributed by atoms with Gasteiger partial charge in [0, 0.05) is 30.1 Å². The lowest BCUT2D eigenvalue weighted by Gasteiger charge is -2.32. The second kappa shape index (κ2) is 8.76. The number of amides is 1. The van der Waals surface area contributed by atoms with Crippen LogP contribution in [0.1, 0.15) is 58.8 Å². The highest BCUT2D eigenvalue weighted by Gasteiger charge is 2.29. The summed E-state index contributed by atoms with van der Waals surface area (Å²) in [6, 6.07) is 6.68. The topological polar surface area (TPSA) is 45.2 Å². The molecule has 2 aromatic rings. The molecule has 2 aliphatic rings. The molecule has 0 bridgehead atoms. The zero-order chi connectivity index (χ0) is 17.6. The summed E-state index contributed by atoms with van der Waals surface area (Å²) < 4.78 is 0. The lowest BCUT2D eigenvalue weighted by Crippen LogP contribution is -2.44. The highest BCUT2D eigenvalue weighted by molar-refractivity contribution is 6.07. The minimum Gasteiger partial charge on any atom is -0.339 e. The Labute approximate surface area is 173 Å². The van der Waals surface area contributed by atoms with Crippen molar-refractivity contribution in [2.24, 2.45) is 0 Å². The fourth-order valence-electron chi connectivity index (χ4n) is 4.02. The predicted octanol–water partition coefficient (Wildman–Crippen LogP) is 4.40. The smallest absolute Gasteiger partial charge is 0.254 e. The fourth-order valence-corrected chi connectivity index (χ4v) is 4.02. The first-order chi connectivity index (χ1) is 12.0. The van der Waals surface area contributed by atoms with Gasteiger partial charge in [-0.15, -0.1) is 24.8 Å². The number of aromatic nitrogens is 1. The molecule has 1 aromatic heterocycles. The second-order valence-corrected chi connectivity index (χ2v) is 7.74. The molecule has 0 unspecified atom stereocenters. The van der Waals surface area contributed by atoms with Crippen LogP contribution in [0.15, 0.2) is 18.2 Å². The molecule has 0 atom stereocenters. The largest absolute Gasteiger partial charge is 0.339 e. The van der Waals surface area contributed by atoms with Crippen molar-refractivity contribution in [3.8, 4) is 0 Å². The number of nitrogens with one attached hydrogen (secondary N) is 1. The molecule has 148 valence electrons. The van der Waals surface area contributed by atoms with Gasteiger partial charge in [-0.1, -0.05) is 11.6 Å². The van der Waals surface area contributed by atoms with E-state index >= 15 is 0 Å². The van der Waals surface area contributed by atoms with Crippen molar-refractivity contribution >= 4 is 41.6 Å². The molecule has 1 aliphatic carbocycles. The van der Waals surface area contributed by atoms with Crippen molar-refractivity contribution in [3.63, 3.8) is 0 Å². The Bertz CT molecular complexity index is 830. The number of piperidine rings is 1. The summed E-state index contributed by atoms with van der Waals surface area (Å²) >= 11 is 0. The molecule has 4 nitrogen and oxygen atoms in total. The monoisotopic (exact) mass is 409 g/mol. The Hall–Kier alpha value is -1.36. The SMILES string of the molecule is Cc1cc(C)c2nc(C3CC3)cc(C(=O)N(C)C3CCNCC3)c2c1.Cl.Cl. The molecule has 1 saturated heterocycles. The van der Waals surface area contributed by atoms with Gasteiger partial charge in [0.05, 0.1) is 11.1 Å². The van der Waals surface area contributed by atoms with Crippen LogP contribution in [0.5, 0.6) is 0 Å². The third-order valence-electron chi connectivity index (χ3n) is 5.67. The number of nitrogens with zero attached hydrogens (tertiary/aromatic N) is 2. The lowest BCUT2D eigenvalue weighted by molar-refractivity contribution is 0.0705. The Morgan fingerprint density at radius 1 is 1.07 bits per heavy atom. The van der Waals surface area contributed by atoms with Crippen LogP contribution < -0.4 is 5.32 Å². The number of carbonyl (C=O) groups is 1. The summed E-state index contributed by atoms with van der Waals surface area (Å²) in [5.74, 6) is 0.687. The van der Waals surface area contributed by atoms with Crippen LogP contribution in [0, 0.1) is 13.8 Å². The standard InChI is InChI=1S/C21H27N3O.2ClH/c1-13-10-14(2)20-17(11-13)18(12-19(23-20)15-4-5-15)21(25)24(3)16-6-8-22-9-7-16;;/h10-12,15-16,22H,4-9H2,1-3H3;2*1H. The first kappa shape index (κ1) is 21.9. The van der Waals surface area contributed by atoms with Crippen LogP contribution in [0.3, 0.4) is 0 Å². The summed E-state index contributed by atoms with van der Waals surface area (Å²) in [6.45, 7) is 6.17. The molecule has 1 saturated carbocycles. The van der Waals surface area contributed by atoms with Gasteiger partial charge in [0.15, 0.2) is 0 Å². The van der Waals surface area contributed by atoms with Gasteiger partial charge in [-0.2, -0.15) is 0 Å². The third-order valence-corrected chi connectivity index (χ3v) is 5.67. The molecule has 1 aliphatic heterocycles. The van der Waals surface area contributed by atoms with E-state index in [-0.39, 0.29) is 30.7 Å². The summed E-state index contributed by atoms with van der Waals surface area (Å²) in [6.07, 6.45) is 4.44. The number of fused-ring (bicyclic) bond motifs is 1. The molecule has 1 amide bonds. The number of carbonyl (C=O) groups excluding carboxylic acids is 1. The van der Waals surface area contributed by atoms with Crippen LogP contribution in [0.2, 0.25) is 0 Å². The van der Waals surface area contributed by atoms with Crippen LogP contribution >= 0.6 is 24.8 Å². The van der Waals surface area contributed by atoms with Gasteiger partial charge in [0.2, 0.25) is 0 Å². The highest BCUT2D eigenvalue weighted by atomic mass is 35.5. The molecule has 0 radical (unpaired) electrons. The minimum atomic E-state index is 0. The van der Waals surface area contributed by atoms with Crippen molar-refractivity contribution in [2.75, 3.05) is 20.1 Å². The van der Waals surface area contributed by atoms with Gasteiger partial charge in [-0.05, 0) is 70.3 Å². The van der Waals surface area contributed by atoms with Crippen LogP contribution in [0.25, 0.3) is 10.9 Å². The Morgan fingerprint density at radius 2 is 1.74 bits per heavy atom. The molecule has 1 aromatic carbocycles. The number of pyridine rings is 1. The third kappa shape index (κ3) is 4.39. The second-order valence-electron chi connectivity index (χ2n) is 7.74. The average Bonchev–Trinajstić information content (AvgIpc) is 3.45. The first-order valence-electron chi connectivity index (χ1n) is 9.44. The number of hydrogen-bond donors (Lipinski definition) is 1. The lowest BCUT2D eigenvalue weighted by atomic mass is 9.98. The van der Waals surface area contributed by atoms with E-state index in [1.807, 2.05) is 11.9 Å². The van der Waals surface area contributed by atoms with Crippen molar-refractivity contribution in [3.05, 3.63) is 40.6 Å². The molecule has 4 rings (SSSR count). The van der Waals surface area contributed by atoms with Crippen LogP contribution in [-0.2, 0) is 0 Å². The van der Waals surface area contributed by atoms with Crippen molar-refractivity contribution in [1.29, 1.82) is 0 Å². The molecular formula is C21H29Cl2N3O. The molecule has 6 heteroatoms. The fraction of sp³-hybridized carbons (Fsp3) is 0.524. The van der Waals surface area contributed by atoms with Gasteiger partial charge in [0.25, 0.3) is 5.91 Å². The maximum atomic E-state index is 13.4. The number of aryl methyl sites for hydroxylation is 2. The van der Waals surface area contributed by atoms with Crippen molar-refractivity contribution < 1.29 is 4.79 Å². The van der Waals surface area contributed by atoms with Gasteiger partial charge >= 0.3 is 0 Å². The van der Waals surface area contributed by atoms with E-state index in [1.54, 1.807) is 0 Å². The van der Waals surface area contributed by atoms with Gasteiger partial charge in [0.1, 0.15) is 0 Å². The molecule has 2 fully saturated rings. The average molecular weight is 410 g/mol. The van der Waals surface area contributed by atoms with E-state index < -0.39 is 0 Å². The summed E-state index contributed by atoms with van der Waals surface area (Å²) in [4.78, 5) is 20.2.